The van der Waals surface area contributed by atoms with Crippen LogP contribution in [0.5, 0.6) is 0 Å². The number of halogens is 3. The molecule has 1 aromatic carbocycles. The third-order valence-electron chi connectivity index (χ3n) is 1.84. The minimum Gasteiger partial charge on any atom is -0.247 e. The number of nitrogens with zero attached hydrogens (tertiary/aromatic N) is 3. The maximum Gasteiger partial charge on any atom is 0.211 e. The van der Waals surface area contributed by atoms with E-state index in [0.29, 0.717) is 10.4 Å². The lowest BCUT2D eigenvalue weighted by Gasteiger charge is -2.01. The molecule has 78 valence electrons. The molecular formula is C9H6ClFIN3. The summed E-state index contributed by atoms with van der Waals surface area (Å²) < 4.78 is 15.2. The zero-order valence-corrected chi connectivity index (χ0v) is 10.4. The molecule has 1 aromatic heterocycles. The number of rotatable bonds is 2. The highest BCUT2D eigenvalue weighted by Crippen LogP contribution is 2.16. The Labute approximate surface area is 104 Å². The van der Waals surface area contributed by atoms with Crippen LogP contribution in [-0.4, -0.2) is 14.8 Å². The molecule has 0 aliphatic rings. The Kier molecular flexibility index (Phi) is 3.20. The summed E-state index contributed by atoms with van der Waals surface area (Å²) in [7, 11) is 0. The van der Waals surface area contributed by atoms with Gasteiger partial charge in [0.25, 0.3) is 0 Å². The van der Waals surface area contributed by atoms with Gasteiger partial charge in [-0.2, -0.15) is 0 Å². The molecule has 0 bridgehead atoms. The lowest BCUT2D eigenvalue weighted by Crippen LogP contribution is -2.00. The van der Waals surface area contributed by atoms with Crippen LogP contribution in [0.4, 0.5) is 4.39 Å². The summed E-state index contributed by atoms with van der Waals surface area (Å²) in [6.45, 7) is 0.538. The molecule has 0 aliphatic carbocycles. The van der Waals surface area contributed by atoms with Gasteiger partial charge < -0.3 is 0 Å². The molecule has 0 atom stereocenters. The van der Waals surface area contributed by atoms with Gasteiger partial charge in [-0.15, -0.1) is 5.10 Å². The maximum atomic E-state index is 12.9. The van der Waals surface area contributed by atoms with Gasteiger partial charge in [0.2, 0.25) is 3.83 Å². The van der Waals surface area contributed by atoms with E-state index in [0.717, 1.165) is 5.56 Å². The van der Waals surface area contributed by atoms with E-state index in [1.807, 2.05) is 22.6 Å². The monoisotopic (exact) mass is 337 g/mol. The van der Waals surface area contributed by atoms with E-state index in [-0.39, 0.29) is 5.02 Å². The highest BCUT2D eigenvalue weighted by Gasteiger charge is 2.02. The molecule has 0 radical (unpaired) electrons. The lowest BCUT2D eigenvalue weighted by atomic mass is 10.2. The Hall–Kier alpha value is -0.690. The van der Waals surface area contributed by atoms with Crippen LogP contribution in [0, 0.1) is 9.65 Å². The number of hydrogen-bond acceptors (Lipinski definition) is 2. The second-order valence-corrected chi connectivity index (χ2v) is 4.33. The Morgan fingerprint density at radius 2 is 2.27 bits per heavy atom. The molecule has 15 heavy (non-hydrogen) atoms. The van der Waals surface area contributed by atoms with E-state index in [9.17, 15) is 4.39 Å². The van der Waals surface area contributed by atoms with Gasteiger partial charge in [-0.3, -0.25) is 0 Å². The molecule has 6 heteroatoms. The molecule has 2 aromatic rings. The summed E-state index contributed by atoms with van der Waals surface area (Å²) in [6.07, 6.45) is 1.62. The summed E-state index contributed by atoms with van der Waals surface area (Å²) >= 11 is 7.69. The van der Waals surface area contributed by atoms with Crippen LogP contribution in [-0.2, 0) is 6.54 Å². The van der Waals surface area contributed by atoms with E-state index in [2.05, 4.69) is 10.1 Å². The number of benzene rings is 1. The summed E-state index contributed by atoms with van der Waals surface area (Å²) in [4.78, 5) is 3.98. The van der Waals surface area contributed by atoms with E-state index < -0.39 is 5.82 Å². The summed E-state index contributed by atoms with van der Waals surface area (Å²) in [6, 6.07) is 4.61. The van der Waals surface area contributed by atoms with Crippen LogP contribution in [0.25, 0.3) is 0 Å². The first-order valence-electron chi connectivity index (χ1n) is 4.14. The third kappa shape index (κ3) is 2.66. The first kappa shape index (κ1) is 10.8. The molecule has 2 rings (SSSR count). The third-order valence-corrected chi connectivity index (χ3v) is 2.62. The normalized spacial score (nSPS) is 10.6. The molecule has 0 saturated carbocycles. The second-order valence-electron chi connectivity index (χ2n) is 2.96. The first-order valence-corrected chi connectivity index (χ1v) is 5.60. The van der Waals surface area contributed by atoms with Gasteiger partial charge in [0.05, 0.1) is 11.6 Å². The Morgan fingerprint density at radius 1 is 1.47 bits per heavy atom. The van der Waals surface area contributed by atoms with Gasteiger partial charge in [0.15, 0.2) is 0 Å². The molecule has 0 aliphatic heterocycles. The Balaban J connectivity index is 2.21. The van der Waals surface area contributed by atoms with Crippen LogP contribution in [0.2, 0.25) is 5.02 Å². The quantitative estimate of drug-likeness (QED) is 0.789. The SMILES string of the molecule is Fc1ccc(Cn2cnc(I)n2)cc1Cl. The lowest BCUT2D eigenvalue weighted by molar-refractivity contribution is 0.624. The zero-order valence-electron chi connectivity index (χ0n) is 7.49. The van der Waals surface area contributed by atoms with Crippen LogP contribution in [0.3, 0.4) is 0 Å². The standard InChI is InChI=1S/C9H6ClFIN3/c10-7-3-6(1-2-8(7)11)4-15-5-13-9(12)14-15/h1-3,5H,4H2. The predicted octanol–water partition coefficient (Wildman–Crippen LogP) is 2.72. The van der Waals surface area contributed by atoms with Crippen molar-refractivity contribution in [3.8, 4) is 0 Å². The average Bonchev–Trinajstić information content (AvgIpc) is 2.58. The van der Waals surface area contributed by atoms with Crippen molar-refractivity contribution in [2.24, 2.45) is 0 Å². The molecule has 0 amide bonds. The fourth-order valence-corrected chi connectivity index (χ4v) is 1.78. The van der Waals surface area contributed by atoms with Crippen molar-refractivity contribution >= 4 is 34.2 Å². The molecule has 3 nitrogen and oxygen atoms in total. The average molecular weight is 338 g/mol. The van der Waals surface area contributed by atoms with Crippen molar-refractivity contribution < 1.29 is 4.39 Å². The number of hydrogen-bond donors (Lipinski definition) is 0. The molecule has 0 spiro atoms. The zero-order chi connectivity index (χ0) is 10.8. The van der Waals surface area contributed by atoms with Crippen molar-refractivity contribution in [1.82, 2.24) is 14.8 Å². The molecular weight excluding hydrogens is 331 g/mol. The fraction of sp³-hybridized carbons (Fsp3) is 0.111. The fourth-order valence-electron chi connectivity index (χ4n) is 1.17. The van der Waals surface area contributed by atoms with Gasteiger partial charge >= 0.3 is 0 Å². The van der Waals surface area contributed by atoms with Crippen LogP contribution in [0.15, 0.2) is 24.5 Å². The predicted molar refractivity (Wildman–Crippen MR) is 63.3 cm³/mol. The van der Waals surface area contributed by atoms with Crippen molar-refractivity contribution in [1.29, 1.82) is 0 Å². The number of aromatic nitrogens is 3. The largest absolute Gasteiger partial charge is 0.247 e. The van der Waals surface area contributed by atoms with Gasteiger partial charge in [-0.1, -0.05) is 17.7 Å². The van der Waals surface area contributed by atoms with Crippen molar-refractivity contribution in [2.75, 3.05) is 0 Å². The molecule has 0 unspecified atom stereocenters. The summed E-state index contributed by atoms with van der Waals surface area (Å²) in [5, 5.41) is 4.24. The van der Waals surface area contributed by atoms with E-state index in [4.69, 9.17) is 11.6 Å². The molecule has 0 N–H and O–H groups in total. The first-order chi connectivity index (χ1) is 7.15. The van der Waals surface area contributed by atoms with Crippen LogP contribution in [0.1, 0.15) is 5.56 Å². The Bertz CT molecular complexity index is 486. The van der Waals surface area contributed by atoms with Crippen molar-refractivity contribution in [3.63, 3.8) is 0 Å². The van der Waals surface area contributed by atoms with Crippen molar-refractivity contribution in [3.05, 3.63) is 44.8 Å². The van der Waals surface area contributed by atoms with Gasteiger partial charge in [0, 0.05) is 22.6 Å². The minimum absolute atomic E-state index is 0.127. The topological polar surface area (TPSA) is 30.7 Å². The van der Waals surface area contributed by atoms with Crippen LogP contribution >= 0.6 is 34.2 Å². The van der Waals surface area contributed by atoms with E-state index in [1.165, 1.54) is 6.07 Å². The maximum absolute atomic E-state index is 12.9. The molecule has 0 fully saturated rings. The van der Waals surface area contributed by atoms with Crippen molar-refractivity contribution in [2.45, 2.75) is 6.54 Å². The summed E-state index contributed by atoms with van der Waals surface area (Å²) in [5.74, 6) is -0.409. The minimum atomic E-state index is -0.409. The van der Waals surface area contributed by atoms with E-state index >= 15 is 0 Å². The Morgan fingerprint density at radius 3 is 2.87 bits per heavy atom. The van der Waals surface area contributed by atoms with E-state index in [1.54, 1.807) is 23.1 Å². The van der Waals surface area contributed by atoms with Crippen LogP contribution < -0.4 is 0 Å². The van der Waals surface area contributed by atoms with Gasteiger partial charge in [-0.05, 0) is 17.7 Å². The highest BCUT2D eigenvalue weighted by atomic mass is 127. The molecule has 0 saturated heterocycles. The van der Waals surface area contributed by atoms with Gasteiger partial charge in [0.1, 0.15) is 12.1 Å². The second kappa shape index (κ2) is 4.44. The summed E-state index contributed by atoms with van der Waals surface area (Å²) in [5.41, 5.74) is 0.891. The molecule has 1 heterocycles. The van der Waals surface area contributed by atoms with Gasteiger partial charge in [-0.25, -0.2) is 14.1 Å². The highest BCUT2D eigenvalue weighted by molar-refractivity contribution is 14.1. The smallest absolute Gasteiger partial charge is 0.211 e.